The second-order valence-corrected chi connectivity index (χ2v) is 3.89. The smallest absolute Gasteiger partial charge is 0.129 e. The minimum Gasteiger partial charge on any atom is -0.383 e. The number of aromatic nitrogens is 2. The predicted octanol–water partition coefficient (Wildman–Crippen LogP) is 2.63. The molecule has 0 aliphatic carbocycles. The van der Waals surface area contributed by atoms with Gasteiger partial charge >= 0.3 is 0 Å². The van der Waals surface area contributed by atoms with E-state index >= 15 is 0 Å². The zero-order valence-electron chi connectivity index (χ0n) is 8.66. The third-order valence-electron chi connectivity index (χ3n) is 2.54. The Morgan fingerprint density at radius 2 is 2.07 bits per heavy atom. The Bertz CT molecular complexity index is 503. The number of nitrogen functional groups attached to an aromatic ring is 1. The van der Waals surface area contributed by atoms with Crippen molar-refractivity contribution in [3.63, 3.8) is 0 Å². The first-order valence-corrected chi connectivity index (χ1v) is 5.02. The highest BCUT2D eigenvalue weighted by Crippen LogP contribution is 2.31. The minimum absolute atomic E-state index is 0.653. The molecule has 0 saturated heterocycles. The molecule has 0 unspecified atom stereocenters. The SMILES string of the molecule is Cc1c(Cl)cccc1-c1cnn(C)c1N. The van der Waals surface area contributed by atoms with Crippen LogP contribution in [-0.4, -0.2) is 9.78 Å². The van der Waals surface area contributed by atoms with E-state index < -0.39 is 0 Å². The van der Waals surface area contributed by atoms with Crippen molar-refractivity contribution in [2.24, 2.45) is 7.05 Å². The summed E-state index contributed by atoms with van der Waals surface area (Å²) in [5.41, 5.74) is 8.90. The van der Waals surface area contributed by atoms with Gasteiger partial charge in [-0.3, -0.25) is 4.68 Å². The third-order valence-corrected chi connectivity index (χ3v) is 2.95. The number of aryl methyl sites for hydroxylation is 1. The molecule has 2 aromatic rings. The first kappa shape index (κ1) is 10.1. The van der Waals surface area contributed by atoms with Crippen LogP contribution in [0.15, 0.2) is 24.4 Å². The highest BCUT2D eigenvalue weighted by molar-refractivity contribution is 6.31. The van der Waals surface area contributed by atoms with Crippen molar-refractivity contribution >= 4 is 17.4 Å². The first-order chi connectivity index (χ1) is 7.11. The van der Waals surface area contributed by atoms with Gasteiger partial charge in [-0.25, -0.2) is 0 Å². The summed E-state index contributed by atoms with van der Waals surface area (Å²) < 4.78 is 1.65. The van der Waals surface area contributed by atoms with Crippen molar-refractivity contribution in [3.05, 3.63) is 35.0 Å². The summed E-state index contributed by atoms with van der Waals surface area (Å²) in [7, 11) is 1.82. The number of rotatable bonds is 1. The third kappa shape index (κ3) is 1.59. The maximum atomic E-state index is 6.05. The van der Waals surface area contributed by atoms with Gasteiger partial charge in [-0.05, 0) is 24.1 Å². The first-order valence-electron chi connectivity index (χ1n) is 4.64. The zero-order chi connectivity index (χ0) is 11.0. The number of benzene rings is 1. The van der Waals surface area contributed by atoms with Gasteiger partial charge in [-0.15, -0.1) is 0 Å². The fourth-order valence-corrected chi connectivity index (χ4v) is 1.73. The highest BCUT2D eigenvalue weighted by Gasteiger charge is 2.10. The number of hydrogen-bond donors (Lipinski definition) is 1. The van der Waals surface area contributed by atoms with E-state index in [1.807, 2.05) is 32.2 Å². The minimum atomic E-state index is 0.653. The van der Waals surface area contributed by atoms with Gasteiger partial charge in [0.05, 0.1) is 6.20 Å². The Hall–Kier alpha value is -1.48. The molecule has 0 aliphatic heterocycles. The molecule has 3 nitrogen and oxygen atoms in total. The average Bonchev–Trinajstić information content (AvgIpc) is 2.53. The van der Waals surface area contributed by atoms with Crippen LogP contribution in [0.5, 0.6) is 0 Å². The molecule has 78 valence electrons. The summed E-state index contributed by atoms with van der Waals surface area (Å²) >= 11 is 6.05. The lowest BCUT2D eigenvalue weighted by atomic mass is 10.0. The van der Waals surface area contributed by atoms with Gasteiger partial charge < -0.3 is 5.73 Å². The van der Waals surface area contributed by atoms with Crippen molar-refractivity contribution in [1.82, 2.24) is 9.78 Å². The lowest BCUT2D eigenvalue weighted by Crippen LogP contribution is -1.98. The number of hydrogen-bond acceptors (Lipinski definition) is 2. The molecule has 0 bridgehead atoms. The van der Waals surface area contributed by atoms with Crippen LogP contribution in [0.1, 0.15) is 5.56 Å². The van der Waals surface area contributed by atoms with E-state index in [1.165, 1.54) is 0 Å². The second kappa shape index (κ2) is 3.59. The molecular formula is C11H12ClN3. The molecule has 2 rings (SSSR count). The van der Waals surface area contributed by atoms with Crippen LogP contribution < -0.4 is 5.73 Å². The molecule has 2 N–H and O–H groups in total. The highest BCUT2D eigenvalue weighted by atomic mass is 35.5. The molecule has 1 aromatic heterocycles. The molecule has 1 heterocycles. The van der Waals surface area contributed by atoms with Gasteiger partial charge in [0.1, 0.15) is 5.82 Å². The Labute approximate surface area is 93.5 Å². The molecule has 0 fully saturated rings. The number of nitrogens with two attached hydrogens (primary N) is 1. The van der Waals surface area contributed by atoms with Gasteiger partial charge in [0, 0.05) is 17.6 Å². The summed E-state index contributed by atoms with van der Waals surface area (Å²) in [6, 6.07) is 5.78. The van der Waals surface area contributed by atoms with Crippen LogP contribution in [0.25, 0.3) is 11.1 Å². The molecule has 0 amide bonds. The molecule has 0 radical (unpaired) electrons. The molecular weight excluding hydrogens is 210 g/mol. The van der Waals surface area contributed by atoms with Crippen LogP contribution in [0.4, 0.5) is 5.82 Å². The predicted molar refractivity (Wildman–Crippen MR) is 62.8 cm³/mol. The topological polar surface area (TPSA) is 43.8 Å². The van der Waals surface area contributed by atoms with Crippen LogP contribution in [0.3, 0.4) is 0 Å². The maximum absolute atomic E-state index is 6.05. The fraction of sp³-hybridized carbons (Fsp3) is 0.182. The Morgan fingerprint density at radius 3 is 2.67 bits per heavy atom. The Balaban J connectivity index is 2.64. The fourth-order valence-electron chi connectivity index (χ4n) is 1.55. The monoisotopic (exact) mass is 221 g/mol. The van der Waals surface area contributed by atoms with Crippen molar-refractivity contribution in [3.8, 4) is 11.1 Å². The van der Waals surface area contributed by atoms with Gasteiger partial charge in [-0.1, -0.05) is 23.7 Å². The largest absolute Gasteiger partial charge is 0.383 e. The molecule has 0 atom stereocenters. The van der Waals surface area contributed by atoms with Gasteiger partial charge in [0.25, 0.3) is 0 Å². The Morgan fingerprint density at radius 1 is 1.33 bits per heavy atom. The van der Waals surface area contributed by atoms with Crippen LogP contribution in [-0.2, 0) is 7.05 Å². The molecule has 15 heavy (non-hydrogen) atoms. The van der Waals surface area contributed by atoms with Gasteiger partial charge in [-0.2, -0.15) is 5.10 Å². The summed E-state index contributed by atoms with van der Waals surface area (Å²) in [6.07, 6.45) is 1.76. The summed E-state index contributed by atoms with van der Waals surface area (Å²) in [4.78, 5) is 0. The van der Waals surface area contributed by atoms with E-state index in [2.05, 4.69) is 5.10 Å². The van der Waals surface area contributed by atoms with Crippen molar-refractivity contribution in [2.75, 3.05) is 5.73 Å². The lowest BCUT2D eigenvalue weighted by molar-refractivity contribution is 0.779. The van der Waals surface area contributed by atoms with Crippen molar-refractivity contribution in [2.45, 2.75) is 6.92 Å². The van der Waals surface area contributed by atoms with E-state index in [-0.39, 0.29) is 0 Å². The standard InChI is InChI=1S/C11H12ClN3/c1-7-8(4-3-5-10(7)12)9-6-14-15(2)11(9)13/h3-6H,13H2,1-2H3. The molecule has 1 aromatic carbocycles. The van der Waals surface area contributed by atoms with Gasteiger partial charge in [0.15, 0.2) is 0 Å². The average molecular weight is 222 g/mol. The molecule has 4 heteroatoms. The molecule has 0 spiro atoms. The van der Waals surface area contributed by atoms with E-state index in [1.54, 1.807) is 10.9 Å². The number of halogens is 1. The number of anilines is 1. The quantitative estimate of drug-likeness (QED) is 0.805. The van der Waals surface area contributed by atoms with E-state index in [4.69, 9.17) is 17.3 Å². The van der Waals surface area contributed by atoms with Gasteiger partial charge in [0.2, 0.25) is 0 Å². The van der Waals surface area contributed by atoms with Crippen molar-refractivity contribution < 1.29 is 0 Å². The Kier molecular flexibility index (Phi) is 2.40. The van der Waals surface area contributed by atoms with Crippen LogP contribution >= 0.6 is 11.6 Å². The molecule has 0 saturated carbocycles. The van der Waals surface area contributed by atoms with E-state index in [0.717, 1.165) is 21.7 Å². The van der Waals surface area contributed by atoms with E-state index in [9.17, 15) is 0 Å². The van der Waals surface area contributed by atoms with Crippen LogP contribution in [0.2, 0.25) is 5.02 Å². The zero-order valence-corrected chi connectivity index (χ0v) is 9.42. The summed E-state index contributed by atoms with van der Waals surface area (Å²) in [5, 5.41) is 4.86. The maximum Gasteiger partial charge on any atom is 0.129 e. The number of nitrogens with zero attached hydrogens (tertiary/aromatic N) is 2. The van der Waals surface area contributed by atoms with E-state index in [0.29, 0.717) is 5.82 Å². The van der Waals surface area contributed by atoms with Crippen LogP contribution in [0, 0.1) is 6.92 Å². The lowest BCUT2D eigenvalue weighted by Gasteiger charge is -2.06. The summed E-state index contributed by atoms with van der Waals surface area (Å²) in [5.74, 6) is 0.653. The summed E-state index contributed by atoms with van der Waals surface area (Å²) in [6.45, 7) is 1.98. The normalized spacial score (nSPS) is 10.6. The van der Waals surface area contributed by atoms with Crippen molar-refractivity contribution in [1.29, 1.82) is 0 Å². The second-order valence-electron chi connectivity index (χ2n) is 3.48. The molecule has 0 aliphatic rings.